The molecule has 0 spiro atoms. The number of thiophene rings is 1. The third-order valence-corrected chi connectivity index (χ3v) is 6.04. The number of anilines is 2. The van der Waals surface area contributed by atoms with Crippen molar-refractivity contribution in [3.8, 4) is 0 Å². The molecule has 0 bridgehead atoms. The van der Waals surface area contributed by atoms with E-state index in [4.69, 9.17) is 4.98 Å². The van der Waals surface area contributed by atoms with Crippen LogP contribution < -0.4 is 9.80 Å². The van der Waals surface area contributed by atoms with E-state index < -0.39 is 0 Å². The number of benzene rings is 1. The number of hydrogen-bond donors (Lipinski definition) is 0. The fraction of sp³-hybridized carbons (Fsp3) is 0.400. The van der Waals surface area contributed by atoms with Crippen LogP contribution in [0, 0.1) is 13.8 Å². The largest absolute Gasteiger partial charge is 0.368 e. The van der Waals surface area contributed by atoms with Crippen LogP contribution in [0.4, 0.5) is 11.5 Å². The van der Waals surface area contributed by atoms with E-state index in [0.29, 0.717) is 0 Å². The van der Waals surface area contributed by atoms with E-state index in [1.807, 2.05) is 6.92 Å². The minimum absolute atomic E-state index is 0.868. The average molecular weight is 353 g/mol. The molecule has 5 heteroatoms. The van der Waals surface area contributed by atoms with Crippen LogP contribution in [0.15, 0.2) is 30.3 Å². The van der Waals surface area contributed by atoms with Crippen molar-refractivity contribution in [2.24, 2.45) is 0 Å². The van der Waals surface area contributed by atoms with Crippen molar-refractivity contribution in [3.05, 3.63) is 46.6 Å². The molecule has 4 nitrogen and oxygen atoms in total. The number of aryl methyl sites for hydroxylation is 3. The number of rotatable bonds is 3. The van der Waals surface area contributed by atoms with E-state index in [9.17, 15) is 0 Å². The summed E-state index contributed by atoms with van der Waals surface area (Å²) >= 11 is 1.80. The highest BCUT2D eigenvalue weighted by Crippen LogP contribution is 2.32. The van der Waals surface area contributed by atoms with Gasteiger partial charge in [-0.25, -0.2) is 9.97 Å². The van der Waals surface area contributed by atoms with Gasteiger partial charge in [-0.2, -0.15) is 0 Å². The zero-order valence-electron chi connectivity index (χ0n) is 15.1. The maximum absolute atomic E-state index is 4.78. The summed E-state index contributed by atoms with van der Waals surface area (Å²) in [5, 5.41) is 1.22. The molecule has 3 aromatic rings. The first kappa shape index (κ1) is 16.3. The van der Waals surface area contributed by atoms with Crippen LogP contribution in [0.25, 0.3) is 10.2 Å². The number of piperazine rings is 1. The predicted octanol–water partition coefficient (Wildman–Crippen LogP) is 4.20. The maximum atomic E-state index is 4.78. The van der Waals surface area contributed by atoms with Gasteiger partial charge in [0.2, 0.25) is 0 Å². The summed E-state index contributed by atoms with van der Waals surface area (Å²) in [5.74, 6) is 1.98. The smallest absolute Gasteiger partial charge is 0.141 e. The van der Waals surface area contributed by atoms with E-state index in [1.54, 1.807) is 11.3 Å². The predicted molar refractivity (Wildman–Crippen MR) is 107 cm³/mol. The fourth-order valence-electron chi connectivity index (χ4n) is 3.41. The van der Waals surface area contributed by atoms with Crippen molar-refractivity contribution >= 4 is 33.1 Å². The molecule has 0 unspecified atom stereocenters. The first-order chi connectivity index (χ1) is 12.1. The van der Waals surface area contributed by atoms with E-state index in [0.717, 1.165) is 49.1 Å². The van der Waals surface area contributed by atoms with Crippen molar-refractivity contribution in [3.63, 3.8) is 0 Å². The summed E-state index contributed by atoms with van der Waals surface area (Å²) in [5.41, 5.74) is 2.63. The quantitative estimate of drug-likeness (QED) is 0.707. The van der Waals surface area contributed by atoms with Crippen molar-refractivity contribution in [2.75, 3.05) is 36.0 Å². The van der Waals surface area contributed by atoms with Crippen LogP contribution in [0.3, 0.4) is 0 Å². The highest BCUT2D eigenvalue weighted by Gasteiger charge is 2.21. The van der Waals surface area contributed by atoms with E-state index >= 15 is 0 Å². The van der Waals surface area contributed by atoms with E-state index in [-0.39, 0.29) is 0 Å². The van der Waals surface area contributed by atoms with Crippen LogP contribution in [0.5, 0.6) is 0 Å². The second-order valence-electron chi connectivity index (χ2n) is 6.69. The van der Waals surface area contributed by atoms with Gasteiger partial charge in [0.05, 0.1) is 5.39 Å². The first-order valence-corrected chi connectivity index (χ1v) is 9.79. The molecule has 0 saturated carbocycles. The Labute approximate surface area is 153 Å². The summed E-state index contributed by atoms with van der Waals surface area (Å²) in [7, 11) is 0. The molecule has 0 atom stereocenters. The third kappa shape index (κ3) is 3.21. The normalized spacial score (nSPS) is 15.2. The van der Waals surface area contributed by atoms with Crippen LogP contribution in [-0.2, 0) is 6.42 Å². The monoisotopic (exact) mass is 352 g/mol. The Morgan fingerprint density at radius 1 is 0.960 bits per heavy atom. The lowest BCUT2D eigenvalue weighted by molar-refractivity contribution is 0.648. The SMILES string of the molecule is CCc1cc2c(N3CCN(c4ccc(C)cc4)CC3)nc(C)nc2s1. The molecule has 25 heavy (non-hydrogen) atoms. The average Bonchev–Trinajstić information content (AvgIpc) is 3.05. The minimum Gasteiger partial charge on any atom is -0.368 e. The Balaban J connectivity index is 1.57. The summed E-state index contributed by atoms with van der Waals surface area (Å²) in [4.78, 5) is 16.8. The lowest BCUT2D eigenvalue weighted by Gasteiger charge is -2.37. The summed E-state index contributed by atoms with van der Waals surface area (Å²) < 4.78 is 0. The molecule has 130 valence electrons. The zero-order valence-corrected chi connectivity index (χ0v) is 15.9. The van der Waals surface area contributed by atoms with Crippen LogP contribution >= 0.6 is 11.3 Å². The van der Waals surface area contributed by atoms with Crippen LogP contribution in [0.1, 0.15) is 23.2 Å². The van der Waals surface area contributed by atoms with E-state index in [1.165, 1.54) is 21.5 Å². The van der Waals surface area contributed by atoms with Crippen molar-refractivity contribution in [1.82, 2.24) is 9.97 Å². The van der Waals surface area contributed by atoms with Crippen molar-refractivity contribution in [2.45, 2.75) is 27.2 Å². The van der Waals surface area contributed by atoms with Gasteiger partial charge < -0.3 is 9.80 Å². The Bertz CT molecular complexity index is 877. The Kier molecular flexibility index (Phi) is 4.34. The molecule has 0 N–H and O–H groups in total. The summed E-state index contributed by atoms with van der Waals surface area (Å²) in [6, 6.07) is 11.1. The van der Waals surface area contributed by atoms with Gasteiger partial charge in [0.25, 0.3) is 0 Å². The van der Waals surface area contributed by atoms with Crippen molar-refractivity contribution in [1.29, 1.82) is 0 Å². The number of hydrogen-bond acceptors (Lipinski definition) is 5. The minimum atomic E-state index is 0.868. The van der Waals surface area contributed by atoms with Gasteiger partial charge in [0, 0.05) is 36.7 Å². The molecule has 4 rings (SSSR count). The second kappa shape index (κ2) is 6.64. The number of aromatic nitrogens is 2. The number of nitrogens with zero attached hydrogens (tertiary/aromatic N) is 4. The molecule has 1 aliphatic heterocycles. The highest BCUT2D eigenvalue weighted by molar-refractivity contribution is 7.18. The topological polar surface area (TPSA) is 32.3 Å². The summed E-state index contributed by atoms with van der Waals surface area (Å²) in [6.45, 7) is 10.4. The fourth-order valence-corrected chi connectivity index (χ4v) is 4.41. The molecule has 0 radical (unpaired) electrons. The van der Waals surface area contributed by atoms with Crippen molar-refractivity contribution < 1.29 is 0 Å². The van der Waals surface area contributed by atoms with Gasteiger partial charge in [-0.05, 0) is 38.5 Å². The molecular formula is C20H24N4S. The lowest BCUT2D eigenvalue weighted by Crippen LogP contribution is -2.47. The molecule has 0 aliphatic carbocycles. The van der Waals surface area contributed by atoms with Crippen LogP contribution in [-0.4, -0.2) is 36.1 Å². The maximum Gasteiger partial charge on any atom is 0.141 e. The van der Waals surface area contributed by atoms with E-state index in [2.05, 4.69) is 59.0 Å². The molecule has 1 fully saturated rings. The lowest BCUT2D eigenvalue weighted by atomic mass is 10.2. The summed E-state index contributed by atoms with van der Waals surface area (Å²) in [6.07, 6.45) is 1.06. The third-order valence-electron chi connectivity index (χ3n) is 4.86. The Morgan fingerprint density at radius 2 is 1.64 bits per heavy atom. The molecule has 1 saturated heterocycles. The number of fused-ring (bicyclic) bond motifs is 1. The van der Waals surface area contributed by atoms with Gasteiger partial charge >= 0.3 is 0 Å². The molecule has 3 heterocycles. The Morgan fingerprint density at radius 3 is 2.32 bits per heavy atom. The molecule has 1 aromatic carbocycles. The first-order valence-electron chi connectivity index (χ1n) is 8.97. The molecular weight excluding hydrogens is 328 g/mol. The van der Waals surface area contributed by atoms with Crippen LogP contribution in [0.2, 0.25) is 0 Å². The Hall–Kier alpha value is -2.14. The van der Waals surface area contributed by atoms with Gasteiger partial charge in [0.1, 0.15) is 16.5 Å². The molecule has 1 aliphatic rings. The molecule has 2 aromatic heterocycles. The standard InChI is InChI=1S/C20H24N4S/c1-4-17-13-18-19(21-15(3)22-20(18)25-17)24-11-9-23(10-12-24)16-7-5-14(2)6-8-16/h5-8,13H,4,9-12H2,1-3H3. The zero-order chi connectivity index (χ0) is 17.4. The second-order valence-corrected chi connectivity index (χ2v) is 7.80. The van der Waals surface area contributed by atoms with Gasteiger partial charge in [-0.3, -0.25) is 0 Å². The van der Waals surface area contributed by atoms with Gasteiger partial charge in [0.15, 0.2) is 0 Å². The molecule has 0 amide bonds. The van der Waals surface area contributed by atoms with Gasteiger partial charge in [-0.15, -0.1) is 11.3 Å². The van der Waals surface area contributed by atoms with Gasteiger partial charge in [-0.1, -0.05) is 24.6 Å². The highest BCUT2D eigenvalue weighted by atomic mass is 32.1.